The molecule has 0 bridgehead atoms. The fraction of sp³-hybridized carbons (Fsp3) is 0.929. The van der Waals surface area contributed by atoms with Crippen molar-refractivity contribution in [1.29, 1.82) is 0 Å². The average molecular weight is 254 g/mol. The fourth-order valence-corrected chi connectivity index (χ4v) is 3.41. The second-order valence-electron chi connectivity index (χ2n) is 6.01. The molecule has 2 rings (SSSR count). The lowest BCUT2D eigenvalue weighted by atomic mass is 9.83. The molecule has 0 aromatic carbocycles. The van der Waals surface area contributed by atoms with Gasteiger partial charge in [0.1, 0.15) is 0 Å². The lowest BCUT2D eigenvalue weighted by Crippen LogP contribution is -2.47. The summed E-state index contributed by atoms with van der Waals surface area (Å²) < 4.78 is 0. The first-order valence-electron chi connectivity index (χ1n) is 7.34. The number of aliphatic hydroxyl groups excluding tert-OH is 1. The summed E-state index contributed by atoms with van der Waals surface area (Å²) in [5.74, 6) is 0.346. The van der Waals surface area contributed by atoms with E-state index in [0.717, 1.165) is 44.9 Å². The summed E-state index contributed by atoms with van der Waals surface area (Å²) in [5.41, 5.74) is 5.48. The molecule has 1 amide bonds. The van der Waals surface area contributed by atoms with Crippen molar-refractivity contribution in [3.63, 3.8) is 0 Å². The summed E-state index contributed by atoms with van der Waals surface area (Å²) in [7, 11) is 0. The minimum atomic E-state index is -0.320. The van der Waals surface area contributed by atoms with Crippen LogP contribution in [-0.2, 0) is 4.79 Å². The summed E-state index contributed by atoms with van der Waals surface area (Å²) in [6, 6.07) is 0. The number of nitrogens with one attached hydrogen (secondary N) is 1. The maximum Gasteiger partial charge on any atom is 0.227 e. The molecular weight excluding hydrogens is 228 g/mol. The first-order chi connectivity index (χ1) is 8.68. The lowest BCUT2D eigenvalue weighted by molar-refractivity contribution is -0.130. The van der Waals surface area contributed by atoms with Gasteiger partial charge in [0.05, 0.1) is 11.5 Å². The molecule has 0 heterocycles. The third-order valence-corrected chi connectivity index (χ3v) is 4.83. The molecule has 0 saturated heterocycles. The van der Waals surface area contributed by atoms with Gasteiger partial charge >= 0.3 is 0 Å². The number of nitrogens with two attached hydrogens (primary N) is 1. The fourth-order valence-electron chi connectivity index (χ4n) is 3.41. The molecule has 104 valence electrons. The maximum absolute atomic E-state index is 12.3. The van der Waals surface area contributed by atoms with Crippen LogP contribution in [0.5, 0.6) is 0 Å². The highest BCUT2D eigenvalue weighted by atomic mass is 16.3. The highest BCUT2D eigenvalue weighted by Crippen LogP contribution is 2.37. The zero-order chi connectivity index (χ0) is 13.0. The Balaban J connectivity index is 1.83. The molecule has 2 fully saturated rings. The molecule has 2 atom stereocenters. The van der Waals surface area contributed by atoms with Crippen molar-refractivity contribution in [3.05, 3.63) is 0 Å². The van der Waals surface area contributed by atoms with E-state index in [0.29, 0.717) is 13.1 Å². The van der Waals surface area contributed by atoms with Crippen LogP contribution in [0.3, 0.4) is 0 Å². The number of aliphatic hydroxyl groups is 1. The van der Waals surface area contributed by atoms with Gasteiger partial charge in [-0.15, -0.1) is 0 Å². The van der Waals surface area contributed by atoms with E-state index >= 15 is 0 Å². The van der Waals surface area contributed by atoms with Crippen molar-refractivity contribution >= 4 is 5.91 Å². The molecule has 0 radical (unpaired) electrons. The van der Waals surface area contributed by atoms with Crippen molar-refractivity contribution in [2.24, 2.45) is 17.1 Å². The Kier molecular flexibility index (Phi) is 4.62. The van der Waals surface area contributed by atoms with E-state index < -0.39 is 0 Å². The van der Waals surface area contributed by atoms with Crippen LogP contribution in [0.15, 0.2) is 0 Å². The number of hydrogen-bond acceptors (Lipinski definition) is 3. The van der Waals surface area contributed by atoms with Gasteiger partial charge in [0.2, 0.25) is 5.91 Å². The van der Waals surface area contributed by atoms with Crippen molar-refractivity contribution in [2.45, 2.75) is 57.5 Å². The third kappa shape index (κ3) is 2.86. The van der Waals surface area contributed by atoms with Gasteiger partial charge in [0.15, 0.2) is 0 Å². The van der Waals surface area contributed by atoms with Crippen LogP contribution in [-0.4, -0.2) is 30.2 Å². The van der Waals surface area contributed by atoms with Gasteiger partial charge in [-0.25, -0.2) is 0 Å². The van der Waals surface area contributed by atoms with Gasteiger partial charge in [-0.3, -0.25) is 4.79 Å². The standard InChI is InChI=1S/C14H26N2O2/c15-10-14(7-3-4-8-14)13(18)16-9-11-5-1-2-6-12(11)17/h11-12,17H,1-10,15H2,(H,16,18). The number of hydrogen-bond donors (Lipinski definition) is 3. The molecule has 0 aliphatic heterocycles. The second kappa shape index (κ2) is 6.02. The Morgan fingerprint density at radius 1 is 1.22 bits per heavy atom. The summed E-state index contributed by atoms with van der Waals surface area (Å²) in [5, 5.41) is 12.9. The summed E-state index contributed by atoms with van der Waals surface area (Å²) in [6.07, 6.45) is 7.99. The monoisotopic (exact) mass is 254 g/mol. The SMILES string of the molecule is NCC1(C(=O)NCC2CCCCC2O)CCCC1. The third-order valence-electron chi connectivity index (χ3n) is 4.83. The molecule has 2 aliphatic rings. The first kappa shape index (κ1) is 13.8. The van der Waals surface area contributed by atoms with Crippen LogP contribution >= 0.6 is 0 Å². The second-order valence-corrected chi connectivity index (χ2v) is 6.01. The van der Waals surface area contributed by atoms with Crippen LogP contribution < -0.4 is 11.1 Å². The molecule has 18 heavy (non-hydrogen) atoms. The Morgan fingerprint density at radius 2 is 1.89 bits per heavy atom. The summed E-state index contributed by atoms with van der Waals surface area (Å²) >= 11 is 0. The quantitative estimate of drug-likeness (QED) is 0.705. The summed E-state index contributed by atoms with van der Waals surface area (Å²) in [4.78, 5) is 12.3. The normalized spacial score (nSPS) is 31.2. The van der Waals surface area contributed by atoms with Crippen molar-refractivity contribution < 1.29 is 9.90 Å². The molecule has 4 N–H and O–H groups in total. The van der Waals surface area contributed by atoms with Gasteiger partial charge in [-0.1, -0.05) is 25.7 Å². The van der Waals surface area contributed by atoms with Gasteiger partial charge in [0, 0.05) is 19.0 Å². The zero-order valence-electron chi connectivity index (χ0n) is 11.2. The Morgan fingerprint density at radius 3 is 2.50 bits per heavy atom. The van der Waals surface area contributed by atoms with Crippen molar-refractivity contribution in [3.8, 4) is 0 Å². The molecule has 2 saturated carbocycles. The van der Waals surface area contributed by atoms with Crippen LogP contribution in [0, 0.1) is 11.3 Å². The highest BCUT2D eigenvalue weighted by Gasteiger charge is 2.40. The van der Waals surface area contributed by atoms with Gasteiger partial charge in [0.25, 0.3) is 0 Å². The minimum Gasteiger partial charge on any atom is -0.393 e. The molecule has 2 unspecified atom stereocenters. The van der Waals surface area contributed by atoms with Crippen LogP contribution in [0.4, 0.5) is 0 Å². The smallest absolute Gasteiger partial charge is 0.227 e. The number of rotatable bonds is 4. The average Bonchev–Trinajstić information content (AvgIpc) is 2.87. The molecule has 4 nitrogen and oxygen atoms in total. The Labute approximate surface area is 109 Å². The van der Waals surface area contributed by atoms with E-state index in [-0.39, 0.29) is 23.3 Å². The molecule has 4 heteroatoms. The topological polar surface area (TPSA) is 75.4 Å². The lowest BCUT2D eigenvalue weighted by Gasteiger charge is -2.30. The highest BCUT2D eigenvalue weighted by molar-refractivity contribution is 5.83. The first-order valence-corrected chi connectivity index (χ1v) is 7.34. The van der Waals surface area contributed by atoms with E-state index in [1.54, 1.807) is 0 Å². The van der Waals surface area contributed by atoms with E-state index in [1.807, 2.05) is 0 Å². The predicted octanol–water partition coefficient (Wildman–Crippen LogP) is 1.17. The van der Waals surface area contributed by atoms with Gasteiger partial charge in [-0.05, 0) is 25.7 Å². The van der Waals surface area contributed by atoms with Crippen LogP contribution in [0.25, 0.3) is 0 Å². The van der Waals surface area contributed by atoms with E-state index in [2.05, 4.69) is 5.32 Å². The molecular formula is C14H26N2O2. The Hall–Kier alpha value is -0.610. The van der Waals surface area contributed by atoms with E-state index in [4.69, 9.17) is 5.73 Å². The predicted molar refractivity (Wildman–Crippen MR) is 70.9 cm³/mol. The largest absolute Gasteiger partial charge is 0.393 e. The van der Waals surface area contributed by atoms with Crippen LogP contribution in [0.2, 0.25) is 0 Å². The molecule has 2 aliphatic carbocycles. The van der Waals surface area contributed by atoms with E-state index in [9.17, 15) is 9.90 Å². The maximum atomic E-state index is 12.3. The molecule has 0 aromatic rings. The zero-order valence-corrected chi connectivity index (χ0v) is 11.2. The molecule has 0 spiro atoms. The van der Waals surface area contributed by atoms with Crippen molar-refractivity contribution in [1.82, 2.24) is 5.32 Å². The van der Waals surface area contributed by atoms with E-state index in [1.165, 1.54) is 6.42 Å². The van der Waals surface area contributed by atoms with Gasteiger partial charge < -0.3 is 16.2 Å². The minimum absolute atomic E-state index is 0.111. The van der Waals surface area contributed by atoms with Gasteiger partial charge in [-0.2, -0.15) is 0 Å². The number of carbonyl (C=O) groups excluding carboxylic acids is 1. The number of amides is 1. The number of carbonyl (C=O) groups is 1. The molecule has 0 aromatic heterocycles. The summed E-state index contributed by atoms with van der Waals surface area (Å²) in [6.45, 7) is 1.06. The van der Waals surface area contributed by atoms with Crippen LogP contribution in [0.1, 0.15) is 51.4 Å². The van der Waals surface area contributed by atoms with Crippen molar-refractivity contribution in [2.75, 3.05) is 13.1 Å². The Bertz CT molecular complexity index is 288.